The summed E-state index contributed by atoms with van der Waals surface area (Å²) in [5, 5.41) is -0.176. The van der Waals surface area contributed by atoms with Crippen molar-refractivity contribution in [2.24, 2.45) is 0 Å². The second-order valence-corrected chi connectivity index (χ2v) is 4.17. The van der Waals surface area contributed by atoms with Gasteiger partial charge < -0.3 is 9.64 Å². The summed E-state index contributed by atoms with van der Waals surface area (Å²) in [6.07, 6.45) is -4.10. The van der Waals surface area contributed by atoms with Crippen molar-refractivity contribution in [3.8, 4) is 0 Å². The number of Topliss-reactive ketones (excluding diaryl/α,β-unsaturated/α-hetero) is 1. The van der Waals surface area contributed by atoms with Crippen molar-refractivity contribution < 1.29 is 31.9 Å². The Morgan fingerprint density at radius 3 is 2.56 bits per heavy atom. The first kappa shape index (κ1) is 15.4. The van der Waals surface area contributed by atoms with Gasteiger partial charge in [0.15, 0.2) is 5.78 Å². The van der Waals surface area contributed by atoms with Crippen LogP contribution >= 0.6 is 15.9 Å². The van der Waals surface area contributed by atoms with Crippen LogP contribution in [0.4, 0.5) is 17.6 Å². The van der Waals surface area contributed by atoms with Gasteiger partial charge in [-0.25, -0.2) is 8.78 Å². The summed E-state index contributed by atoms with van der Waals surface area (Å²) >= 11 is 2.83. The van der Waals surface area contributed by atoms with Gasteiger partial charge in [0.2, 0.25) is 0 Å². The zero-order valence-corrected chi connectivity index (χ0v) is 10.6. The number of morpholine rings is 1. The van der Waals surface area contributed by atoms with Gasteiger partial charge in [-0.05, 0) is 0 Å². The minimum atomic E-state index is -4.79. The number of ketones is 1. The van der Waals surface area contributed by atoms with Crippen LogP contribution in [-0.2, 0) is 14.3 Å². The molecule has 1 rings (SSSR count). The summed E-state index contributed by atoms with van der Waals surface area (Å²) in [7, 11) is 0. The lowest BCUT2D eigenvalue weighted by Crippen LogP contribution is -2.58. The zero-order valence-electron chi connectivity index (χ0n) is 9.04. The summed E-state index contributed by atoms with van der Waals surface area (Å²) in [4.78, 5) is 23.2. The fourth-order valence-electron chi connectivity index (χ4n) is 1.49. The highest BCUT2D eigenvalue weighted by Gasteiger charge is 2.53. The first-order valence-electron chi connectivity index (χ1n) is 4.95. The van der Waals surface area contributed by atoms with E-state index in [2.05, 4.69) is 15.9 Å². The van der Waals surface area contributed by atoms with Gasteiger partial charge in [0.05, 0.1) is 18.5 Å². The first-order chi connectivity index (χ1) is 8.32. The largest absolute Gasteiger partial charge is 0.383 e. The molecule has 1 amide bonds. The fraction of sp³-hybridized carbons (Fsp3) is 0.778. The van der Waals surface area contributed by atoms with Crippen LogP contribution in [0.25, 0.3) is 0 Å². The monoisotopic (exact) mass is 335 g/mol. The molecule has 1 heterocycles. The van der Waals surface area contributed by atoms with E-state index in [0.29, 0.717) is 4.90 Å². The van der Waals surface area contributed by atoms with Crippen molar-refractivity contribution in [3.63, 3.8) is 0 Å². The number of hydrogen-bond acceptors (Lipinski definition) is 3. The highest BCUT2D eigenvalue weighted by atomic mass is 79.9. The molecule has 4 nitrogen and oxygen atoms in total. The number of rotatable bonds is 4. The van der Waals surface area contributed by atoms with Crippen molar-refractivity contribution in [2.45, 2.75) is 18.4 Å². The molecule has 18 heavy (non-hydrogen) atoms. The lowest BCUT2D eigenvalue weighted by Gasteiger charge is -2.36. The van der Waals surface area contributed by atoms with Crippen LogP contribution in [0.5, 0.6) is 0 Å². The van der Waals surface area contributed by atoms with E-state index in [1.807, 2.05) is 0 Å². The van der Waals surface area contributed by atoms with Crippen LogP contribution in [0.2, 0.25) is 0 Å². The van der Waals surface area contributed by atoms with Crippen LogP contribution in [0.15, 0.2) is 0 Å². The van der Waals surface area contributed by atoms with Crippen molar-refractivity contribution in [1.29, 1.82) is 0 Å². The Hall–Kier alpha value is -0.700. The maximum absolute atomic E-state index is 13.0. The minimum Gasteiger partial charge on any atom is -0.377 e. The lowest BCUT2D eigenvalue weighted by molar-refractivity contribution is -0.188. The average molecular weight is 336 g/mol. The molecule has 0 bridgehead atoms. The summed E-state index contributed by atoms with van der Waals surface area (Å²) in [6, 6.07) is -1.25. The molecule has 0 spiro atoms. The normalized spacial score (nSPS) is 21.2. The van der Waals surface area contributed by atoms with Gasteiger partial charge in [0.1, 0.15) is 6.04 Å². The Bertz CT molecular complexity index is 340. The third-order valence-corrected chi connectivity index (χ3v) is 3.00. The van der Waals surface area contributed by atoms with E-state index in [-0.39, 0.29) is 25.1 Å². The van der Waals surface area contributed by atoms with Gasteiger partial charge in [0, 0.05) is 6.54 Å². The molecule has 1 aliphatic heterocycles. The van der Waals surface area contributed by atoms with E-state index in [9.17, 15) is 27.2 Å². The van der Waals surface area contributed by atoms with Gasteiger partial charge >= 0.3 is 12.3 Å². The smallest absolute Gasteiger partial charge is 0.377 e. The molecule has 1 unspecified atom stereocenters. The van der Waals surface area contributed by atoms with E-state index in [4.69, 9.17) is 4.74 Å². The van der Waals surface area contributed by atoms with Crippen molar-refractivity contribution in [3.05, 3.63) is 0 Å². The highest BCUT2D eigenvalue weighted by molar-refractivity contribution is 9.09. The number of alkyl halides is 5. The third-order valence-electron chi connectivity index (χ3n) is 2.45. The number of halogens is 5. The maximum Gasteiger partial charge on any atom is 0.383 e. The van der Waals surface area contributed by atoms with E-state index in [0.717, 1.165) is 0 Å². The van der Waals surface area contributed by atoms with Crippen molar-refractivity contribution >= 4 is 27.6 Å². The van der Waals surface area contributed by atoms with Crippen LogP contribution in [0.3, 0.4) is 0 Å². The maximum atomic E-state index is 13.0. The molecule has 104 valence electrons. The predicted octanol–water partition coefficient (Wildman–Crippen LogP) is 1.08. The van der Waals surface area contributed by atoms with Crippen LogP contribution in [0, 0.1) is 0 Å². The number of nitrogens with zero attached hydrogens (tertiary/aromatic N) is 1. The zero-order chi connectivity index (χ0) is 13.9. The molecular weight excluding hydrogens is 326 g/mol. The molecule has 9 heteroatoms. The van der Waals surface area contributed by atoms with Crippen molar-refractivity contribution in [1.82, 2.24) is 4.90 Å². The molecule has 1 aliphatic rings. The third kappa shape index (κ3) is 3.00. The van der Waals surface area contributed by atoms with Gasteiger partial charge in [-0.2, -0.15) is 8.78 Å². The molecule has 0 aromatic rings. The average Bonchev–Trinajstić information content (AvgIpc) is 2.36. The summed E-state index contributed by atoms with van der Waals surface area (Å²) < 4.78 is 55.0. The number of carbonyl (C=O) groups excluding carboxylic acids is 2. The molecule has 0 aliphatic carbocycles. The molecule has 1 atom stereocenters. The van der Waals surface area contributed by atoms with Gasteiger partial charge in [-0.3, -0.25) is 9.59 Å². The standard InChI is InChI=1S/C9H10BrF4NO3/c10-3-6(16)5-4-18-2-1-15(5)8(17)9(13,14)7(11)12/h5,7H,1-4H2. The number of hydrogen-bond donors (Lipinski definition) is 0. The molecule has 1 fully saturated rings. The predicted molar refractivity (Wildman–Crippen MR) is 56.1 cm³/mol. The Morgan fingerprint density at radius 1 is 1.44 bits per heavy atom. The van der Waals surface area contributed by atoms with Gasteiger partial charge in [0.25, 0.3) is 5.91 Å². The second kappa shape index (κ2) is 5.96. The number of ether oxygens (including phenoxy) is 1. The summed E-state index contributed by atoms with van der Waals surface area (Å²) in [6.45, 7) is -0.656. The SMILES string of the molecule is O=C(CBr)C1COCCN1C(=O)C(F)(F)C(F)F. The van der Waals surface area contributed by atoms with Crippen LogP contribution in [0.1, 0.15) is 0 Å². The van der Waals surface area contributed by atoms with E-state index in [1.165, 1.54) is 0 Å². The Morgan fingerprint density at radius 2 is 2.06 bits per heavy atom. The number of amides is 1. The molecule has 0 N–H and O–H groups in total. The summed E-state index contributed by atoms with van der Waals surface area (Å²) in [5.41, 5.74) is 0. The highest BCUT2D eigenvalue weighted by Crippen LogP contribution is 2.27. The summed E-state index contributed by atoms with van der Waals surface area (Å²) in [5.74, 6) is -7.41. The first-order valence-corrected chi connectivity index (χ1v) is 6.08. The van der Waals surface area contributed by atoms with E-state index in [1.54, 1.807) is 0 Å². The second-order valence-electron chi connectivity index (χ2n) is 3.61. The van der Waals surface area contributed by atoms with E-state index < -0.39 is 30.1 Å². The Labute approximate surface area is 108 Å². The molecule has 0 aromatic heterocycles. The topological polar surface area (TPSA) is 46.6 Å². The molecule has 0 radical (unpaired) electrons. The van der Waals surface area contributed by atoms with Crippen molar-refractivity contribution in [2.75, 3.05) is 25.1 Å². The Balaban J connectivity index is 2.90. The minimum absolute atomic E-state index is 0.0723. The number of carbonyl (C=O) groups is 2. The Kier molecular flexibility index (Phi) is 5.09. The van der Waals surface area contributed by atoms with Gasteiger partial charge in [-0.15, -0.1) is 0 Å². The molecule has 0 aromatic carbocycles. The van der Waals surface area contributed by atoms with Gasteiger partial charge in [-0.1, -0.05) is 15.9 Å². The quantitative estimate of drug-likeness (QED) is 0.570. The van der Waals surface area contributed by atoms with E-state index >= 15 is 0 Å². The molecule has 1 saturated heterocycles. The van der Waals surface area contributed by atoms with Crippen LogP contribution < -0.4 is 0 Å². The molecule has 0 saturated carbocycles. The fourth-order valence-corrected chi connectivity index (χ4v) is 1.86. The van der Waals surface area contributed by atoms with Crippen LogP contribution in [-0.4, -0.2) is 60.1 Å². The lowest BCUT2D eigenvalue weighted by atomic mass is 10.1. The molecular formula is C9H10BrF4NO3.